The van der Waals surface area contributed by atoms with E-state index in [0.29, 0.717) is 25.3 Å². The topological polar surface area (TPSA) is 62.8 Å². The molecular weight excluding hydrogens is 282 g/mol. The highest BCUT2D eigenvalue weighted by atomic mass is 16.5. The molecule has 0 radical (unpaired) electrons. The lowest BCUT2D eigenvalue weighted by Gasteiger charge is -2.27. The molecule has 0 bridgehead atoms. The van der Waals surface area contributed by atoms with Crippen LogP contribution in [0.5, 0.6) is 5.75 Å². The quantitative estimate of drug-likeness (QED) is 0.679. The van der Waals surface area contributed by atoms with E-state index in [2.05, 4.69) is 15.5 Å². The Balaban J connectivity index is 1.70. The summed E-state index contributed by atoms with van der Waals surface area (Å²) >= 11 is 0. The van der Waals surface area contributed by atoms with Crippen LogP contribution in [0.4, 0.5) is 0 Å². The zero-order valence-corrected chi connectivity index (χ0v) is 13.1. The molecule has 6 heteroatoms. The number of piperazine rings is 1. The van der Waals surface area contributed by atoms with Crippen molar-refractivity contribution < 1.29 is 14.3 Å². The van der Waals surface area contributed by atoms with Gasteiger partial charge in [0.2, 0.25) is 0 Å². The van der Waals surface area contributed by atoms with E-state index in [9.17, 15) is 4.79 Å². The lowest BCUT2D eigenvalue weighted by atomic mass is 10.2. The molecule has 0 spiro atoms. The molecular formula is C16H25N3O3. The number of amides is 1. The summed E-state index contributed by atoms with van der Waals surface area (Å²) in [7, 11) is 1.64. The van der Waals surface area contributed by atoms with Crippen molar-refractivity contribution in [2.75, 3.05) is 59.6 Å². The SMILES string of the molecule is COCCOc1ccc(C(=O)NCCN2CCNCC2)cc1. The lowest BCUT2D eigenvalue weighted by molar-refractivity contribution is 0.0947. The van der Waals surface area contributed by atoms with Gasteiger partial charge in [0.15, 0.2) is 0 Å². The predicted molar refractivity (Wildman–Crippen MR) is 85.5 cm³/mol. The molecule has 0 atom stereocenters. The van der Waals surface area contributed by atoms with Crippen molar-refractivity contribution in [2.24, 2.45) is 0 Å². The molecule has 1 fully saturated rings. The van der Waals surface area contributed by atoms with Crippen LogP contribution in [0.25, 0.3) is 0 Å². The Morgan fingerprint density at radius 1 is 1.23 bits per heavy atom. The fourth-order valence-electron chi connectivity index (χ4n) is 2.31. The number of hydrogen-bond donors (Lipinski definition) is 2. The van der Waals surface area contributed by atoms with Crippen molar-refractivity contribution in [1.29, 1.82) is 0 Å². The monoisotopic (exact) mass is 307 g/mol. The van der Waals surface area contributed by atoms with Gasteiger partial charge in [-0.2, -0.15) is 0 Å². The maximum Gasteiger partial charge on any atom is 0.251 e. The predicted octanol–water partition coefficient (Wildman–Crippen LogP) is 0.347. The van der Waals surface area contributed by atoms with Crippen molar-refractivity contribution >= 4 is 5.91 Å². The molecule has 1 amide bonds. The first-order chi connectivity index (χ1) is 10.8. The second-order valence-corrected chi connectivity index (χ2v) is 5.21. The molecule has 0 saturated carbocycles. The first-order valence-electron chi connectivity index (χ1n) is 7.72. The van der Waals surface area contributed by atoms with Gasteiger partial charge in [-0.05, 0) is 24.3 Å². The maximum atomic E-state index is 12.1. The van der Waals surface area contributed by atoms with Crippen LogP contribution in [0, 0.1) is 0 Å². The Labute approximate surface area is 131 Å². The van der Waals surface area contributed by atoms with E-state index in [1.807, 2.05) is 0 Å². The minimum Gasteiger partial charge on any atom is -0.491 e. The summed E-state index contributed by atoms with van der Waals surface area (Å²) in [5, 5.41) is 6.27. The average molecular weight is 307 g/mol. The molecule has 6 nitrogen and oxygen atoms in total. The molecule has 2 rings (SSSR count). The molecule has 22 heavy (non-hydrogen) atoms. The highest BCUT2D eigenvalue weighted by molar-refractivity contribution is 5.94. The van der Waals surface area contributed by atoms with Crippen molar-refractivity contribution in [3.63, 3.8) is 0 Å². The minimum atomic E-state index is -0.0430. The Bertz CT molecular complexity index is 444. The molecule has 1 saturated heterocycles. The fraction of sp³-hybridized carbons (Fsp3) is 0.562. The van der Waals surface area contributed by atoms with Crippen LogP contribution in [-0.4, -0.2) is 70.4 Å². The van der Waals surface area contributed by atoms with Gasteiger partial charge in [-0.3, -0.25) is 9.69 Å². The van der Waals surface area contributed by atoms with Crippen LogP contribution >= 0.6 is 0 Å². The third-order valence-corrected chi connectivity index (χ3v) is 3.60. The standard InChI is InChI=1S/C16H25N3O3/c1-21-12-13-22-15-4-2-14(3-5-15)16(20)18-8-11-19-9-6-17-7-10-19/h2-5,17H,6-13H2,1H3,(H,18,20). The van der Waals surface area contributed by atoms with E-state index >= 15 is 0 Å². The third kappa shape index (κ3) is 5.63. The van der Waals surface area contributed by atoms with Gasteiger partial charge in [0.1, 0.15) is 12.4 Å². The summed E-state index contributed by atoms with van der Waals surface area (Å²) in [6.45, 7) is 6.77. The molecule has 1 aliphatic rings. The van der Waals surface area contributed by atoms with Crippen LogP contribution in [-0.2, 0) is 4.74 Å². The van der Waals surface area contributed by atoms with Crippen molar-refractivity contribution in [2.45, 2.75) is 0 Å². The molecule has 1 aromatic carbocycles. The Morgan fingerprint density at radius 3 is 2.64 bits per heavy atom. The lowest BCUT2D eigenvalue weighted by Crippen LogP contribution is -2.46. The van der Waals surface area contributed by atoms with Gasteiger partial charge >= 0.3 is 0 Å². The van der Waals surface area contributed by atoms with E-state index < -0.39 is 0 Å². The first-order valence-corrected chi connectivity index (χ1v) is 7.72. The largest absolute Gasteiger partial charge is 0.491 e. The number of hydrogen-bond acceptors (Lipinski definition) is 5. The molecule has 0 unspecified atom stereocenters. The van der Waals surface area contributed by atoms with Gasteiger partial charge in [0.25, 0.3) is 5.91 Å². The molecule has 0 aromatic heterocycles. The summed E-state index contributed by atoms with van der Waals surface area (Å²) in [4.78, 5) is 14.4. The number of nitrogens with zero attached hydrogens (tertiary/aromatic N) is 1. The fourth-order valence-corrected chi connectivity index (χ4v) is 2.31. The van der Waals surface area contributed by atoms with Crippen LogP contribution in [0.3, 0.4) is 0 Å². The Morgan fingerprint density at radius 2 is 1.95 bits per heavy atom. The number of carbonyl (C=O) groups is 1. The first kappa shape index (κ1) is 16.7. The normalized spacial score (nSPS) is 15.5. The summed E-state index contributed by atoms with van der Waals surface area (Å²) < 4.78 is 10.4. The third-order valence-electron chi connectivity index (χ3n) is 3.60. The molecule has 1 aliphatic heterocycles. The maximum absolute atomic E-state index is 12.1. The number of carbonyl (C=O) groups excluding carboxylic acids is 1. The van der Waals surface area contributed by atoms with Gasteiger partial charge in [-0.15, -0.1) is 0 Å². The Kier molecular flexibility index (Phi) is 7.15. The summed E-state index contributed by atoms with van der Waals surface area (Å²) in [5.74, 6) is 0.702. The van der Waals surface area contributed by atoms with E-state index in [4.69, 9.17) is 9.47 Å². The van der Waals surface area contributed by atoms with Crippen molar-refractivity contribution in [3.05, 3.63) is 29.8 Å². The number of ether oxygens (including phenoxy) is 2. The number of benzene rings is 1. The van der Waals surface area contributed by atoms with Crippen LogP contribution in [0.2, 0.25) is 0 Å². The summed E-state index contributed by atoms with van der Waals surface area (Å²) in [6, 6.07) is 7.17. The smallest absolute Gasteiger partial charge is 0.251 e. The second-order valence-electron chi connectivity index (χ2n) is 5.21. The zero-order valence-electron chi connectivity index (χ0n) is 13.1. The van der Waals surface area contributed by atoms with Crippen molar-refractivity contribution in [3.8, 4) is 5.75 Å². The number of nitrogens with one attached hydrogen (secondary N) is 2. The zero-order chi connectivity index (χ0) is 15.6. The second kappa shape index (κ2) is 9.40. The van der Waals surface area contributed by atoms with E-state index in [1.165, 1.54) is 0 Å². The van der Waals surface area contributed by atoms with Gasteiger partial charge < -0.3 is 20.1 Å². The summed E-state index contributed by atoms with van der Waals surface area (Å²) in [5.41, 5.74) is 0.652. The van der Waals surface area contributed by atoms with Crippen LogP contribution < -0.4 is 15.4 Å². The highest BCUT2D eigenvalue weighted by Gasteiger charge is 2.10. The van der Waals surface area contributed by atoms with Gasteiger partial charge in [-0.25, -0.2) is 0 Å². The van der Waals surface area contributed by atoms with Crippen LogP contribution in [0.15, 0.2) is 24.3 Å². The van der Waals surface area contributed by atoms with E-state index in [0.717, 1.165) is 38.5 Å². The number of rotatable bonds is 8. The highest BCUT2D eigenvalue weighted by Crippen LogP contribution is 2.12. The molecule has 1 aromatic rings. The summed E-state index contributed by atoms with van der Waals surface area (Å²) in [6.07, 6.45) is 0. The van der Waals surface area contributed by atoms with E-state index in [-0.39, 0.29) is 5.91 Å². The van der Waals surface area contributed by atoms with Gasteiger partial charge in [0, 0.05) is 51.9 Å². The van der Waals surface area contributed by atoms with Gasteiger partial charge in [-0.1, -0.05) is 0 Å². The molecule has 0 aliphatic carbocycles. The van der Waals surface area contributed by atoms with Crippen molar-refractivity contribution in [1.82, 2.24) is 15.5 Å². The molecule has 2 N–H and O–H groups in total. The molecule has 122 valence electrons. The van der Waals surface area contributed by atoms with E-state index in [1.54, 1.807) is 31.4 Å². The molecule has 1 heterocycles. The van der Waals surface area contributed by atoms with Crippen LogP contribution in [0.1, 0.15) is 10.4 Å². The van der Waals surface area contributed by atoms with Gasteiger partial charge in [0.05, 0.1) is 6.61 Å². The average Bonchev–Trinajstić information content (AvgIpc) is 2.56. The number of methoxy groups -OCH3 is 1. The Hall–Kier alpha value is -1.63. The minimum absolute atomic E-state index is 0.0430.